The molecule has 0 fully saturated rings. The number of H-pyrrole nitrogens is 1. The predicted octanol–water partition coefficient (Wildman–Crippen LogP) is 6.20. The Balaban J connectivity index is 1.75. The third-order valence-corrected chi connectivity index (χ3v) is 6.44. The van der Waals surface area contributed by atoms with E-state index in [-0.39, 0.29) is 0 Å². The summed E-state index contributed by atoms with van der Waals surface area (Å²) >= 11 is 0. The summed E-state index contributed by atoms with van der Waals surface area (Å²) in [5, 5.41) is 0. The molecule has 0 amide bonds. The first-order valence-corrected chi connectivity index (χ1v) is 10.9. The van der Waals surface area contributed by atoms with Gasteiger partial charge in [0.2, 0.25) is 0 Å². The number of aryl methyl sites for hydroxylation is 2. The lowest BCUT2D eigenvalue weighted by atomic mass is 9.80. The molecule has 0 spiro atoms. The normalized spacial score (nSPS) is 15.9. The van der Waals surface area contributed by atoms with Gasteiger partial charge in [-0.15, -0.1) is 0 Å². The van der Waals surface area contributed by atoms with Crippen LogP contribution in [0.4, 0.5) is 5.69 Å². The van der Waals surface area contributed by atoms with Crippen LogP contribution in [0.2, 0.25) is 0 Å². The maximum atomic E-state index is 5.90. The number of hydrogen-bond acceptors (Lipinski definition) is 2. The summed E-state index contributed by atoms with van der Waals surface area (Å²) in [6, 6.07) is 13.0. The second-order valence-corrected chi connectivity index (χ2v) is 8.18. The van der Waals surface area contributed by atoms with Crippen molar-refractivity contribution in [1.82, 2.24) is 4.98 Å². The topological polar surface area (TPSA) is 37.4 Å². The molecule has 1 aromatic heterocycles. The van der Waals surface area contributed by atoms with Crippen molar-refractivity contribution in [2.24, 2.45) is 4.99 Å². The summed E-state index contributed by atoms with van der Waals surface area (Å²) in [5.41, 5.74) is 10.6. The van der Waals surface area contributed by atoms with Crippen molar-refractivity contribution in [1.29, 1.82) is 0 Å². The fraction of sp³-hybridized carbons (Fsp3) is 0.346. The van der Waals surface area contributed by atoms with Crippen molar-refractivity contribution < 1.29 is 4.74 Å². The predicted molar refractivity (Wildman–Crippen MR) is 120 cm³/mol. The van der Waals surface area contributed by atoms with Crippen LogP contribution in [-0.2, 0) is 25.7 Å². The average Bonchev–Trinajstić information content (AvgIpc) is 3.30. The SMILES string of the molecule is COc1ccc2c(c1-c1c(N=Cc3ccc[nH]3)ccc3c1CCCC3)CCCC2. The molecular formula is C26H28N2O. The Labute approximate surface area is 172 Å². The summed E-state index contributed by atoms with van der Waals surface area (Å²) in [7, 11) is 1.80. The van der Waals surface area contributed by atoms with Crippen molar-refractivity contribution in [3.8, 4) is 16.9 Å². The van der Waals surface area contributed by atoms with Crippen LogP contribution in [0.3, 0.4) is 0 Å². The molecule has 0 atom stereocenters. The van der Waals surface area contributed by atoms with E-state index < -0.39 is 0 Å². The minimum Gasteiger partial charge on any atom is -0.496 e. The minimum absolute atomic E-state index is 0.987. The zero-order valence-corrected chi connectivity index (χ0v) is 17.1. The monoisotopic (exact) mass is 384 g/mol. The summed E-state index contributed by atoms with van der Waals surface area (Å²) in [6.07, 6.45) is 13.5. The molecule has 0 saturated carbocycles. The second-order valence-electron chi connectivity index (χ2n) is 8.18. The Bertz CT molecular complexity index is 1050. The van der Waals surface area contributed by atoms with Gasteiger partial charge >= 0.3 is 0 Å². The molecule has 2 aromatic carbocycles. The van der Waals surface area contributed by atoms with E-state index in [4.69, 9.17) is 9.73 Å². The van der Waals surface area contributed by atoms with E-state index in [2.05, 4.69) is 29.2 Å². The summed E-state index contributed by atoms with van der Waals surface area (Å²) in [6.45, 7) is 0. The number of rotatable bonds is 4. The van der Waals surface area contributed by atoms with E-state index in [1.165, 1.54) is 71.9 Å². The fourth-order valence-electron chi connectivity index (χ4n) is 5.02. The Morgan fingerprint density at radius 2 is 1.52 bits per heavy atom. The van der Waals surface area contributed by atoms with Crippen LogP contribution in [0.25, 0.3) is 11.1 Å². The zero-order valence-electron chi connectivity index (χ0n) is 17.1. The molecule has 0 saturated heterocycles. The molecule has 2 aliphatic carbocycles. The van der Waals surface area contributed by atoms with Gasteiger partial charge in [-0.3, -0.25) is 4.99 Å². The molecule has 0 unspecified atom stereocenters. The van der Waals surface area contributed by atoms with Gasteiger partial charge in [0, 0.05) is 17.3 Å². The summed E-state index contributed by atoms with van der Waals surface area (Å²) in [4.78, 5) is 8.17. The molecule has 29 heavy (non-hydrogen) atoms. The molecule has 2 aliphatic rings. The highest BCUT2D eigenvalue weighted by Gasteiger charge is 2.25. The van der Waals surface area contributed by atoms with Gasteiger partial charge in [-0.05, 0) is 97.9 Å². The van der Waals surface area contributed by atoms with Gasteiger partial charge in [-0.2, -0.15) is 0 Å². The van der Waals surface area contributed by atoms with Gasteiger partial charge in [0.1, 0.15) is 5.75 Å². The van der Waals surface area contributed by atoms with Crippen LogP contribution >= 0.6 is 0 Å². The number of ether oxygens (including phenoxy) is 1. The van der Waals surface area contributed by atoms with Crippen LogP contribution in [0.15, 0.2) is 47.6 Å². The van der Waals surface area contributed by atoms with Crippen LogP contribution < -0.4 is 4.74 Å². The average molecular weight is 385 g/mol. The molecule has 0 radical (unpaired) electrons. The fourth-order valence-corrected chi connectivity index (χ4v) is 5.02. The van der Waals surface area contributed by atoms with Crippen molar-refractivity contribution in [2.45, 2.75) is 51.4 Å². The molecule has 3 heteroatoms. The van der Waals surface area contributed by atoms with Crippen LogP contribution in [0, 0.1) is 0 Å². The number of methoxy groups -OCH3 is 1. The van der Waals surface area contributed by atoms with Crippen LogP contribution in [-0.4, -0.2) is 18.3 Å². The molecule has 0 bridgehead atoms. The first kappa shape index (κ1) is 18.2. The van der Waals surface area contributed by atoms with Gasteiger partial charge in [-0.1, -0.05) is 12.1 Å². The van der Waals surface area contributed by atoms with E-state index in [0.717, 1.165) is 30.0 Å². The quantitative estimate of drug-likeness (QED) is 0.534. The molecular weight excluding hydrogens is 356 g/mol. The lowest BCUT2D eigenvalue weighted by Crippen LogP contribution is -2.09. The number of fused-ring (bicyclic) bond motifs is 2. The molecule has 1 N–H and O–H groups in total. The van der Waals surface area contributed by atoms with E-state index in [1.807, 2.05) is 24.5 Å². The Morgan fingerprint density at radius 3 is 2.21 bits per heavy atom. The van der Waals surface area contributed by atoms with Crippen molar-refractivity contribution in [2.75, 3.05) is 7.11 Å². The van der Waals surface area contributed by atoms with Gasteiger partial charge in [-0.25, -0.2) is 0 Å². The second kappa shape index (κ2) is 7.90. The maximum Gasteiger partial charge on any atom is 0.127 e. The van der Waals surface area contributed by atoms with Gasteiger partial charge in [0.25, 0.3) is 0 Å². The molecule has 3 aromatic rings. The molecule has 148 valence electrons. The third kappa shape index (κ3) is 3.39. The van der Waals surface area contributed by atoms with E-state index in [0.29, 0.717) is 0 Å². The smallest absolute Gasteiger partial charge is 0.127 e. The summed E-state index contributed by atoms with van der Waals surface area (Å²) in [5.74, 6) is 0.987. The standard InChI is InChI=1S/C26H28N2O/c1-29-24-15-13-19-8-3-5-11-22(19)26(24)25-21-10-4-2-7-18(21)12-14-23(25)28-17-20-9-6-16-27-20/h6,9,12-17,27H,2-5,7-8,10-11H2,1H3. The number of aliphatic imine (C=N–C) groups is 1. The number of aromatic amines is 1. The van der Waals surface area contributed by atoms with Gasteiger partial charge in [0.15, 0.2) is 0 Å². The third-order valence-electron chi connectivity index (χ3n) is 6.44. The number of hydrogen-bond donors (Lipinski definition) is 1. The highest BCUT2D eigenvalue weighted by molar-refractivity contribution is 5.90. The summed E-state index contributed by atoms with van der Waals surface area (Å²) < 4.78 is 5.90. The molecule has 0 aliphatic heterocycles. The van der Waals surface area contributed by atoms with E-state index >= 15 is 0 Å². The largest absolute Gasteiger partial charge is 0.496 e. The zero-order chi connectivity index (χ0) is 19.6. The lowest BCUT2D eigenvalue weighted by molar-refractivity contribution is 0.415. The molecule has 5 rings (SSSR count). The van der Waals surface area contributed by atoms with Crippen molar-refractivity contribution >= 4 is 11.9 Å². The van der Waals surface area contributed by atoms with Gasteiger partial charge < -0.3 is 9.72 Å². The number of benzene rings is 2. The Morgan fingerprint density at radius 1 is 0.828 bits per heavy atom. The number of aromatic nitrogens is 1. The maximum absolute atomic E-state index is 5.90. The minimum atomic E-state index is 0.987. The Hall–Kier alpha value is -2.81. The highest BCUT2D eigenvalue weighted by Crippen LogP contribution is 2.46. The molecule has 1 heterocycles. The first-order valence-electron chi connectivity index (χ1n) is 10.9. The van der Waals surface area contributed by atoms with Crippen molar-refractivity contribution in [3.05, 3.63) is 70.5 Å². The lowest BCUT2D eigenvalue weighted by Gasteiger charge is -2.27. The highest BCUT2D eigenvalue weighted by atomic mass is 16.5. The van der Waals surface area contributed by atoms with Gasteiger partial charge in [0.05, 0.1) is 24.7 Å². The van der Waals surface area contributed by atoms with E-state index in [9.17, 15) is 0 Å². The van der Waals surface area contributed by atoms with Crippen LogP contribution in [0.1, 0.15) is 53.6 Å². The number of nitrogens with one attached hydrogen (secondary N) is 1. The van der Waals surface area contributed by atoms with E-state index in [1.54, 1.807) is 7.11 Å². The number of nitrogens with zero attached hydrogens (tertiary/aromatic N) is 1. The first-order chi connectivity index (χ1) is 14.3. The molecule has 3 nitrogen and oxygen atoms in total. The van der Waals surface area contributed by atoms with Crippen LogP contribution in [0.5, 0.6) is 5.75 Å². The Kier molecular flexibility index (Phi) is 4.97. The van der Waals surface area contributed by atoms with Crippen molar-refractivity contribution in [3.63, 3.8) is 0 Å².